The topological polar surface area (TPSA) is 46.4 Å². The summed E-state index contributed by atoms with van der Waals surface area (Å²) in [5.74, 6) is 1.67. The fraction of sp³-hybridized carbons (Fsp3) is 0.111. The highest BCUT2D eigenvalue weighted by Crippen LogP contribution is 2.17. The van der Waals surface area contributed by atoms with Crippen molar-refractivity contribution >= 4 is 29.5 Å². The third kappa shape index (κ3) is 8.94. The molecule has 5 nitrogen and oxygen atoms in total. The van der Waals surface area contributed by atoms with Gasteiger partial charge in [0.15, 0.2) is 0 Å². The van der Waals surface area contributed by atoms with Crippen molar-refractivity contribution in [1.29, 1.82) is 0 Å². The molecule has 0 aliphatic heterocycles. The minimum atomic E-state index is 0.557. The SMILES string of the molecule is C(=Nc1ccccc1)c1ccc(OCCN(CCOc2ccc(C=Nc3ccccc3)cc2)c2ccccc2)cc1. The summed E-state index contributed by atoms with van der Waals surface area (Å²) in [6.45, 7) is 2.59. The van der Waals surface area contributed by atoms with Gasteiger partial charge in [-0.15, -0.1) is 0 Å². The summed E-state index contributed by atoms with van der Waals surface area (Å²) in [6, 6.07) is 46.2. The van der Waals surface area contributed by atoms with Crippen LogP contribution >= 0.6 is 0 Å². The summed E-state index contributed by atoms with van der Waals surface area (Å²) in [6.07, 6.45) is 3.73. The third-order valence-corrected chi connectivity index (χ3v) is 6.38. The van der Waals surface area contributed by atoms with Crippen molar-refractivity contribution in [3.05, 3.63) is 151 Å². The van der Waals surface area contributed by atoms with Crippen LogP contribution in [0.5, 0.6) is 11.5 Å². The van der Waals surface area contributed by atoms with E-state index in [0.717, 1.165) is 52.8 Å². The Morgan fingerprint density at radius 3 is 1.27 bits per heavy atom. The van der Waals surface area contributed by atoms with E-state index < -0.39 is 0 Å². The van der Waals surface area contributed by atoms with E-state index in [9.17, 15) is 0 Å². The summed E-state index contributed by atoms with van der Waals surface area (Å²) in [4.78, 5) is 11.3. The molecular weight excluding hydrogens is 506 g/mol. The lowest BCUT2D eigenvalue weighted by atomic mass is 10.2. The van der Waals surface area contributed by atoms with Crippen LogP contribution in [-0.4, -0.2) is 38.7 Å². The van der Waals surface area contributed by atoms with Gasteiger partial charge in [0.05, 0.1) is 24.5 Å². The molecule has 0 spiro atoms. The number of nitrogens with zero attached hydrogens (tertiary/aromatic N) is 3. The second-order valence-corrected chi connectivity index (χ2v) is 9.35. The first-order chi connectivity index (χ1) is 20.3. The van der Waals surface area contributed by atoms with Gasteiger partial charge >= 0.3 is 0 Å². The van der Waals surface area contributed by atoms with Crippen LogP contribution in [0, 0.1) is 0 Å². The summed E-state index contributed by atoms with van der Waals surface area (Å²) in [5, 5.41) is 0. The largest absolute Gasteiger partial charge is 0.492 e. The zero-order valence-electron chi connectivity index (χ0n) is 22.9. The van der Waals surface area contributed by atoms with Gasteiger partial charge in [-0.25, -0.2) is 0 Å². The molecule has 0 aliphatic carbocycles. The zero-order valence-corrected chi connectivity index (χ0v) is 22.9. The highest BCUT2D eigenvalue weighted by Gasteiger charge is 2.07. The zero-order chi connectivity index (χ0) is 28.0. The first-order valence-corrected chi connectivity index (χ1v) is 13.8. The molecule has 0 atom stereocenters. The fourth-order valence-electron chi connectivity index (χ4n) is 4.18. The second-order valence-electron chi connectivity index (χ2n) is 9.35. The normalized spacial score (nSPS) is 11.1. The standard InChI is InChI=1S/C36H33N3O2/c1-4-10-32(11-5-1)37-28-30-16-20-35(21-17-30)40-26-24-39(34-14-8-3-9-15-34)25-27-41-36-22-18-31(19-23-36)29-38-33-12-6-2-7-13-33/h1-23,28-29H,24-27H2. The Morgan fingerprint density at radius 1 is 0.463 bits per heavy atom. The van der Waals surface area contributed by atoms with E-state index in [1.54, 1.807) is 0 Å². The van der Waals surface area contributed by atoms with Gasteiger partial charge in [-0.3, -0.25) is 9.98 Å². The maximum atomic E-state index is 6.07. The number of aliphatic imine (C=N–C) groups is 2. The Hall–Kier alpha value is -5.16. The van der Waals surface area contributed by atoms with E-state index in [1.807, 2.05) is 128 Å². The Bertz CT molecular complexity index is 1400. The molecule has 0 aromatic heterocycles. The van der Waals surface area contributed by atoms with Crippen LogP contribution in [0.3, 0.4) is 0 Å². The second kappa shape index (κ2) is 14.8. The summed E-state index contributed by atoms with van der Waals surface area (Å²) < 4.78 is 12.1. The minimum absolute atomic E-state index is 0.557. The number of anilines is 1. The number of ether oxygens (including phenoxy) is 2. The lowest BCUT2D eigenvalue weighted by Gasteiger charge is -2.25. The van der Waals surface area contributed by atoms with Gasteiger partial charge in [0.2, 0.25) is 0 Å². The molecular formula is C36H33N3O2. The molecule has 0 fully saturated rings. The first-order valence-electron chi connectivity index (χ1n) is 13.8. The summed E-state index contributed by atoms with van der Waals surface area (Å²) >= 11 is 0. The van der Waals surface area contributed by atoms with Crippen LogP contribution in [0.25, 0.3) is 0 Å². The number of rotatable bonds is 13. The average molecular weight is 540 g/mol. The lowest BCUT2D eigenvalue weighted by Crippen LogP contribution is -2.32. The van der Waals surface area contributed by atoms with Crippen LogP contribution < -0.4 is 14.4 Å². The molecule has 204 valence electrons. The van der Waals surface area contributed by atoms with Gasteiger partial charge in [-0.05, 0) is 96.1 Å². The molecule has 0 radical (unpaired) electrons. The molecule has 0 saturated carbocycles. The van der Waals surface area contributed by atoms with Crippen molar-refractivity contribution in [2.24, 2.45) is 9.98 Å². The molecule has 5 rings (SSSR count). The van der Waals surface area contributed by atoms with Gasteiger partial charge in [-0.1, -0.05) is 54.6 Å². The van der Waals surface area contributed by atoms with Crippen LogP contribution in [-0.2, 0) is 0 Å². The number of hydrogen-bond donors (Lipinski definition) is 0. The van der Waals surface area contributed by atoms with Crippen molar-refractivity contribution in [3.63, 3.8) is 0 Å². The molecule has 0 bridgehead atoms. The van der Waals surface area contributed by atoms with E-state index in [1.165, 1.54) is 0 Å². The maximum absolute atomic E-state index is 6.07. The molecule has 41 heavy (non-hydrogen) atoms. The van der Waals surface area contributed by atoms with E-state index >= 15 is 0 Å². The maximum Gasteiger partial charge on any atom is 0.119 e. The van der Waals surface area contributed by atoms with E-state index in [-0.39, 0.29) is 0 Å². The van der Waals surface area contributed by atoms with Crippen molar-refractivity contribution < 1.29 is 9.47 Å². The summed E-state index contributed by atoms with van der Waals surface area (Å²) in [5.41, 5.74) is 5.06. The molecule has 5 aromatic carbocycles. The monoisotopic (exact) mass is 539 g/mol. The fourth-order valence-corrected chi connectivity index (χ4v) is 4.18. The quantitative estimate of drug-likeness (QED) is 0.142. The number of hydrogen-bond acceptors (Lipinski definition) is 5. The Kier molecular flexibility index (Phi) is 9.92. The van der Waals surface area contributed by atoms with E-state index in [0.29, 0.717) is 13.2 Å². The van der Waals surface area contributed by atoms with Crippen molar-refractivity contribution in [2.75, 3.05) is 31.2 Å². The van der Waals surface area contributed by atoms with E-state index in [4.69, 9.17) is 9.47 Å². The Balaban J connectivity index is 1.10. The lowest BCUT2D eigenvalue weighted by molar-refractivity contribution is 0.303. The van der Waals surface area contributed by atoms with Crippen molar-refractivity contribution in [2.45, 2.75) is 0 Å². The van der Waals surface area contributed by atoms with Crippen LogP contribution in [0.1, 0.15) is 11.1 Å². The average Bonchev–Trinajstić information content (AvgIpc) is 3.04. The van der Waals surface area contributed by atoms with Gasteiger partial charge in [0, 0.05) is 18.1 Å². The number of benzene rings is 5. The third-order valence-electron chi connectivity index (χ3n) is 6.38. The minimum Gasteiger partial charge on any atom is -0.492 e. The molecule has 5 aromatic rings. The van der Waals surface area contributed by atoms with Crippen molar-refractivity contribution in [3.8, 4) is 11.5 Å². The van der Waals surface area contributed by atoms with Gasteiger partial charge in [-0.2, -0.15) is 0 Å². The van der Waals surface area contributed by atoms with Crippen LogP contribution in [0.4, 0.5) is 17.1 Å². The van der Waals surface area contributed by atoms with Crippen LogP contribution in [0.2, 0.25) is 0 Å². The molecule has 0 unspecified atom stereocenters. The molecule has 5 heteroatoms. The first kappa shape index (κ1) is 27.4. The highest BCUT2D eigenvalue weighted by atomic mass is 16.5. The van der Waals surface area contributed by atoms with Crippen LogP contribution in [0.15, 0.2) is 150 Å². The van der Waals surface area contributed by atoms with Crippen molar-refractivity contribution in [1.82, 2.24) is 0 Å². The van der Waals surface area contributed by atoms with E-state index in [2.05, 4.69) is 39.2 Å². The smallest absolute Gasteiger partial charge is 0.119 e. The highest BCUT2D eigenvalue weighted by molar-refractivity contribution is 5.82. The van der Waals surface area contributed by atoms with Gasteiger partial charge < -0.3 is 14.4 Å². The molecule has 0 N–H and O–H groups in total. The predicted molar refractivity (Wildman–Crippen MR) is 170 cm³/mol. The predicted octanol–water partition coefficient (Wildman–Crippen LogP) is 8.15. The van der Waals surface area contributed by atoms with Gasteiger partial charge in [0.1, 0.15) is 24.7 Å². The summed E-state index contributed by atoms with van der Waals surface area (Å²) in [7, 11) is 0. The number of para-hydroxylation sites is 3. The Labute approximate surface area is 242 Å². The molecule has 0 saturated heterocycles. The Morgan fingerprint density at radius 2 is 0.854 bits per heavy atom. The van der Waals surface area contributed by atoms with Gasteiger partial charge in [0.25, 0.3) is 0 Å². The molecule has 0 amide bonds. The molecule has 0 aliphatic rings. The molecule has 0 heterocycles.